The Morgan fingerprint density at radius 2 is 1.85 bits per heavy atom. The zero-order valence-electron chi connectivity index (χ0n) is 6.83. The number of hydrogen-bond donors (Lipinski definition) is 2. The molecule has 3 nitrogen and oxygen atoms in total. The number of hydrogen-bond acceptors (Lipinski definition) is 3. The molecule has 0 saturated heterocycles. The third-order valence-electron chi connectivity index (χ3n) is 1.65. The molecule has 4 heteroatoms. The van der Waals surface area contributed by atoms with Crippen LogP contribution >= 0.6 is 15.9 Å². The van der Waals surface area contributed by atoms with E-state index in [0.717, 1.165) is 0 Å². The van der Waals surface area contributed by atoms with Crippen LogP contribution in [0.5, 0.6) is 11.5 Å². The molecule has 13 heavy (non-hydrogen) atoms. The van der Waals surface area contributed by atoms with E-state index in [4.69, 9.17) is 0 Å². The lowest BCUT2D eigenvalue weighted by Crippen LogP contribution is -2.03. The smallest absolute Gasteiger partial charge is 0.148 e. The quantitative estimate of drug-likeness (QED) is 0.795. The van der Waals surface area contributed by atoms with E-state index in [2.05, 4.69) is 15.9 Å². The van der Waals surface area contributed by atoms with Crippen LogP contribution in [0.4, 0.5) is 0 Å². The molecular weight excluding hydrogens is 236 g/mol. The van der Waals surface area contributed by atoms with Crippen molar-refractivity contribution in [1.29, 1.82) is 0 Å². The summed E-state index contributed by atoms with van der Waals surface area (Å²) in [5.74, 6) is -0.180. The predicted molar refractivity (Wildman–Crippen MR) is 52.3 cm³/mol. The van der Waals surface area contributed by atoms with Gasteiger partial charge in [0.15, 0.2) is 0 Å². The Balaban J connectivity index is 2.93. The average Bonchev–Trinajstić information content (AvgIpc) is 2.11. The topological polar surface area (TPSA) is 57.5 Å². The zero-order chi connectivity index (χ0) is 9.84. The zero-order valence-corrected chi connectivity index (χ0v) is 8.41. The Kier molecular flexibility index (Phi) is 3.31. The van der Waals surface area contributed by atoms with Crippen LogP contribution in [-0.4, -0.2) is 21.3 Å². The minimum atomic E-state index is -0.0863. The molecule has 0 aromatic heterocycles. The summed E-state index contributed by atoms with van der Waals surface area (Å²) < 4.78 is 0. The maximum absolute atomic E-state index is 11.0. The van der Waals surface area contributed by atoms with Crippen molar-refractivity contribution in [1.82, 2.24) is 0 Å². The first-order valence-corrected chi connectivity index (χ1v) is 4.84. The highest BCUT2D eigenvalue weighted by Crippen LogP contribution is 2.26. The summed E-state index contributed by atoms with van der Waals surface area (Å²) in [7, 11) is 0. The van der Waals surface area contributed by atoms with Gasteiger partial charge in [0.25, 0.3) is 0 Å². The Bertz CT molecular complexity index is 302. The number of aromatic hydroxyl groups is 2. The van der Waals surface area contributed by atoms with Gasteiger partial charge >= 0.3 is 0 Å². The number of phenolic OH excluding ortho intramolecular Hbond substituents is 2. The Morgan fingerprint density at radius 1 is 1.31 bits per heavy atom. The maximum Gasteiger partial charge on any atom is 0.148 e. The van der Waals surface area contributed by atoms with Gasteiger partial charge in [-0.2, -0.15) is 0 Å². The molecule has 0 bridgehead atoms. The summed E-state index contributed by atoms with van der Waals surface area (Å²) in [5, 5.41) is 18.8. The number of ketones is 1. The van der Waals surface area contributed by atoms with E-state index in [9.17, 15) is 15.0 Å². The Labute approximate surface area is 84.1 Å². The normalized spacial score (nSPS) is 9.92. The highest BCUT2D eigenvalue weighted by molar-refractivity contribution is 9.09. The number of phenols is 2. The number of carbonyl (C=O) groups is 1. The van der Waals surface area contributed by atoms with Gasteiger partial charge in [0.05, 0.1) is 5.33 Å². The minimum Gasteiger partial charge on any atom is -0.508 e. The van der Waals surface area contributed by atoms with Crippen molar-refractivity contribution < 1.29 is 15.0 Å². The second-order valence-electron chi connectivity index (χ2n) is 2.62. The molecule has 1 rings (SSSR count). The third kappa shape index (κ3) is 2.45. The SMILES string of the molecule is O=C(CBr)Cc1c(O)cccc1O. The van der Waals surface area contributed by atoms with E-state index in [1.54, 1.807) is 0 Å². The number of carbonyl (C=O) groups excluding carboxylic acids is 1. The highest BCUT2D eigenvalue weighted by atomic mass is 79.9. The largest absolute Gasteiger partial charge is 0.508 e. The molecule has 70 valence electrons. The number of halogens is 1. The molecule has 0 unspecified atom stereocenters. The Morgan fingerprint density at radius 3 is 2.31 bits per heavy atom. The minimum absolute atomic E-state index is 0.0454. The summed E-state index contributed by atoms with van der Waals surface area (Å²) in [5.41, 5.74) is 0.284. The first kappa shape index (κ1) is 10.1. The van der Waals surface area contributed by atoms with Gasteiger partial charge < -0.3 is 10.2 Å². The number of alkyl halides is 1. The molecule has 0 amide bonds. The fraction of sp³-hybridized carbons (Fsp3) is 0.222. The summed E-state index contributed by atoms with van der Waals surface area (Å²) in [4.78, 5) is 11.0. The van der Waals surface area contributed by atoms with Crippen LogP contribution in [-0.2, 0) is 11.2 Å². The van der Waals surface area contributed by atoms with Crippen molar-refractivity contribution in [3.05, 3.63) is 23.8 Å². The molecule has 0 fully saturated rings. The van der Waals surface area contributed by atoms with Gasteiger partial charge in [-0.15, -0.1) is 0 Å². The summed E-state index contributed by atoms with van der Waals surface area (Å²) in [6.07, 6.45) is 0.0454. The molecule has 1 aromatic rings. The monoisotopic (exact) mass is 244 g/mol. The highest BCUT2D eigenvalue weighted by Gasteiger charge is 2.10. The van der Waals surface area contributed by atoms with Gasteiger partial charge in [0.2, 0.25) is 0 Å². The average molecular weight is 245 g/mol. The van der Waals surface area contributed by atoms with Crippen LogP contribution in [0.2, 0.25) is 0 Å². The first-order chi connectivity index (χ1) is 6.15. The molecule has 0 saturated carbocycles. The van der Waals surface area contributed by atoms with Crippen LogP contribution in [0.1, 0.15) is 5.56 Å². The van der Waals surface area contributed by atoms with Crippen LogP contribution < -0.4 is 0 Å². The molecule has 0 atom stereocenters. The first-order valence-electron chi connectivity index (χ1n) is 3.72. The van der Waals surface area contributed by atoms with E-state index in [0.29, 0.717) is 0 Å². The van der Waals surface area contributed by atoms with Crippen molar-refractivity contribution in [2.24, 2.45) is 0 Å². The second-order valence-corrected chi connectivity index (χ2v) is 3.18. The fourth-order valence-electron chi connectivity index (χ4n) is 0.988. The molecule has 0 aliphatic rings. The number of rotatable bonds is 3. The second kappa shape index (κ2) is 4.28. The van der Waals surface area contributed by atoms with Gasteiger partial charge in [-0.1, -0.05) is 22.0 Å². The van der Waals surface area contributed by atoms with Crippen LogP contribution in [0.25, 0.3) is 0 Å². The molecule has 2 N–H and O–H groups in total. The summed E-state index contributed by atoms with van der Waals surface area (Å²) in [6, 6.07) is 4.40. The molecule has 0 radical (unpaired) electrons. The molecule has 0 aliphatic heterocycles. The lowest BCUT2D eigenvalue weighted by molar-refractivity contribution is -0.115. The van der Waals surface area contributed by atoms with Crippen molar-refractivity contribution >= 4 is 21.7 Å². The van der Waals surface area contributed by atoms with Gasteiger partial charge in [-0.25, -0.2) is 0 Å². The molecule has 1 aromatic carbocycles. The van der Waals surface area contributed by atoms with E-state index < -0.39 is 0 Å². The van der Waals surface area contributed by atoms with Crippen molar-refractivity contribution in [2.45, 2.75) is 6.42 Å². The van der Waals surface area contributed by atoms with Crippen LogP contribution in [0, 0.1) is 0 Å². The van der Waals surface area contributed by atoms with E-state index in [1.807, 2.05) is 0 Å². The maximum atomic E-state index is 11.0. The lowest BCUT2D eigenvalue weighted by atomic mass is 10.1. The van der Waals surface area contributed by atoms with Crippen LogP contribution in [0.15, 0.2) is 18.2 Å². The summed E-state index contributed by atoms with van der Waals surface area (Å²) in [6.45, 7) is 0. The van der Waals surface area contributed by atoms with Gasteiger partial charge in [0.1, 0.15) is 17.3 Å². The predicted octanol–water partition coefficient (Wildman–Crippen LogP) is 1.60. The molecular formula is C9H9BrO3. The van der Waals surface area contributed by atoms with Crippen molar-refractivity contribution in [2.75, 3.05) is 5.33 Å². The van der Waals surface area contributed by atoms with Crippen LogP contribution in [0.3, 0.4) is 0 Å². The summed E-state index contributed by atoms with van der Waals surface area (Å²) >= 11 is 3.01. The van der Waals surface area contributed by atoms with Crippen molar-refractivity contribution in [3.63, 3.8) is 0 Å². The lowest BCUT2D eigenvalue weighted by Gasteiger charge is -2.04. The standard InChI is InChI=1S/C9H9BrO3/c10-5-6(11)4-7-8(12)2-1-3-9(7)13/h1-3,12-13H,4-5H2. The molecule has 0 spiro atoms. The van der Waals surface area contributed by atoms with Gasteiger partial charge in [-0.3, -0.25) is 4.79 Å². The fourth-order valence-corrected chi connectivity index (χ4v) is 1.19. The third-order valence-corrected chi connectivity index (χ3v) is 2.27. The number of Topliss-reactive ketones (excluding diaryl/α,β-unsaturated/α-hetero) is 1. The van der Waals surface area contributed by atoms with Gasteiger partial charge in [-0.05, 0) is 12.1 Å². The Hall–Kier alpha value is -1.03. The van der Waals surface area contributed by atoms with E-state index >= 15 is 0 Å². The van der Waals surface area contributed by atoms with E-state index in [-0.39, 0.29) is 34.6 Å². The van der Waals surface area contributed by atoms with Crippen molar-refractivity contribution in [3.8, 4) is 11.5 Å². The molecule has 0 heterocycles. The molecule has 0 aliphatic carbocycles. The number of benzene rings is 1. The van der Waals surface area contributed by atoms with E-state index in [1.165, 1.54) is 18.2 Å². The van der Waals surface area contributed by atoms with Gasteiger partial charge in [0, 0.05) is 12.0 Å².